The molecule has 2 atom stereocenters. The van der Waals surface area contributed by atoms with Gasteiger partial charge in [0.1, 0.15) is 0 Å². The lowest BCUT2D eigenvalue weighted by molar-refractivity contribution is 0.264. The molecule has 0 aliphatic heterocycles. The normalized spacial score (nSPS) is 15.4. The third kappa shape index (κ3) is 17.4. The SMILES string of the molecule is CCCCCCCCCCCCNC(C)(CCC)CCNC(C)(CC)CCN=C(N)N. The highest BCUT2D eigenvalue weighted by Gasteiger charge is 2.25. The molecule has 0 heterocycles. The lowest BCUT2D eigenvalue weighted by Gasteiger charge is -2.35. The molecule has 0 aromatic rings. The molecule has 0 bridgehead atoms. The smallest absolute Gasteiger partial charge is 0.185 e. The van der Waals surface area contributed by atoms with Crippen molar-refractivity contribution in [2.45, 2.75) is 142 Å². The van der Waals surface area contributed by atoms with Crippen molar-refractivity contribution >= 4 is 5.96 Å². The van der Waals surface area contributed by atoms with Gasteiger partial charge in [0, 0.05) is 17.6 Å². The molecule has 0 aromatic carbocycles. The first-order valence-electron chi connectivity index (χ1n) is 13.4. The monoisotopic (exact) mass is 439 g/mol. The summed E-state index contributed by atoms with van der Waals surface area (Å²) >= 11 is 0. The van der Waals surface area contributed by atoms with E-state index in [2.05, 4.69) is 50.2 Å². The summed E-state index contributed by atoms with van der Waals surface area (Å²) < 4.78 is 0. The zero-order valence-electron chi connectivity index (χ0n) is 21.8. The summed E-state index contributed by atoms with van der Waals surface area (Å²) in [6, 6.07) is 0. The van der Waals surface area contributed by atoms with Crippen LogP contribution in [0.4, 0.5) is 0 Å². The molecule has 0 saturated carbocycles. The zero-order valence-corrected chi connectivity index (χ0v) is 21.8. The van der Waals surface area contributed by atoms with E-state index >= 15 is 0 Å². The molecule has 2 unspecified atom stereocenters. The number of guanidine groups is 1. The Labute approximate surface area is 195 Å². The van der Waals surface area contributed by atoms with Crippen molar-refractivity contribution in [2.24, 2.45) is 16.5 Å². The van der Waals surface area contributed by atoms with Crippen LogP contribution in [-0.2, 0) is 0 Å². The van der Waals surface area contributed by atoms with E-state index in [4.69, 9.17) is 11.5 Å². The van der Waals surface area contributed by atoms with Crippen molar-refractivity contribution in [3.05, 3.63) is 0 Å². The van der Waals surface area contributed by atoms with E-state index in [9.17, 15) is 0 Å². The Hall–Kier alpha value is -0.810. The van der Waals surface area contributed by atoms with Gasteiger partial charge in [0.2, 0.25) is 0 Å². The summed E-state index contributed by atoms with van der Waals surface area (Å²) in [4.78, 5) is 4.16. The quantitative estimate of drug-likeness (QED) is 0.0965. The molecule has 0 fully saturated rings. The van der Waals surface area contributed by atoms with Crippen LogP contribution in [0, 0.1) is 0 Å². The van der Waals surface area contributed by atoms with Crippen LogP contribution in [0.1, 0.15) is 131 Å². The van der Waals surface area contributed by atoms with E-state index < -0.39 is 0 Å². The molecular formula is C26H57N5. The first-order valence-corrected chi connectivity index (χ1v) is 13.4. The van der Waals surface area contributed by atoms with Crippen molar-refractivity contribution in [3.8, 4) is 0 Å². The third-order valence-electron chi connectivity index (χ3n) is 6.85. The fraction of sp³-hybridized carbons (Fsp3) is 0.962. The van der Waals surface area contributed by atoms with Crippen LogP contribution in [0.2, 0.25) is 0 Å². The van der Waals surface area contributed by atoms with Crippen LogP contribution >= 0.6 is 0 Å². The van der Waals surface area contributed by atoms with E-state index in [1.807, 2.05) is 0 Å². The summed E-state index contributed by atoms with van der Waals surface area (Å²) in [5, 5.41) is 7.68. The molecule has 0 radical (unpaired) electrons. The molecule has 6 N–H and O–H groups in total. The fourth-order valence-corrected chi connectivity index (χ4v) is 4.32. The van der Waals surface area contributed by atoms with Gasteiger partial charge in [0.05, 0.1) is 0 Å². The van der Waals surface area contributed by atoms with Crippen LogP contribution < -0.4 is 22.1 Å². The van der Waals surface area contributed by atoms with Crippen molar-refractivity contribution in [1.29, 1.82) is 0 Å². The van der Waals surface area contributed by atoms with Gasteiger partial charge in [-0.25, -0.2) is 0 Å². The number of hydrogen-bond donors (Lipinski definition) is 4. The van der Waals surface area contributed by atoms with Gasteiger partial charge in [0.15, 0.2) is 5.96 Å². The Kier molecular flexibility index (Phi) is 18.2. The number of hydrogen-bond acceptors (Lipinski definition) is 3. The molecular weight excluding hydrogens is 382 g/mol. The van der Waals surface area contributed by atoms with E-state index in [0.717, 1.165) is 32.4 Å². The van der Waals surface area contributed by atoms with E-state index in [1.165, 1.54) is 77.0 Å². The second-order valence-electron chi connectivity index (χ2n) is 10.1. The molecule has 186 valence electrons. The highest BCUT2D eigenvalue weighted by molar-refractivity contribution is 5.75. The summed E-state index contributed by atoms with van der Waals surface area (Å²) in [7, 11) is 0. The van der Waals surface area contributed by atoms with Crippen LogP contribution in [0.3, 0.4) is 0 Å². The average Bonchev–Trinajstić information content (AvgIpc) is 2.72. The maximum Gasteiger partial charge on any atom is 0.185 e. The summed E-state index contributed by atoms with van der Waals surface area (Å²) in [6.45, 7) is 14.3. The molecule has 0 saturated heterocycles. The number of unbranched alkanes of at least 4 members (excludes halogenated alkanes) is 9. The lowest BCUT2D eigenvalue weighted by Crippen LogP contribution is -2.49. The summed E-state index contributed by atoms with van der Waals surface area (Å²) in [5.41, 5.74) is 11.2. The molecule has 5 nitrogen and oxygen atoms in total. The van der Waals surface area contributed by atoms with Crippen molar-refractivity contribution < 1.29 is 0 Å². The Morgan fingerprint density at radius 1 is 0.645 bits per heavy atom. The number of nitrogens with one attached hydrogen (secondary N) is 2. The molecule has 0 rings (SSSR count). The van der Waals surface area contributed by atoms with Crippen LogP contribution in [-0.4, -0.2) is 36.7 Å². The predicted octanol–water partition coefficient (Wildman–Crippen LogP) is 5.87. The molecule has 0 aliphatic carbocycles. The largest absolute Gasteiger partial charge is 0.370 e. The Morgan fingerprint density at radius 2 is 1.19 bits per heavy atom. The number of nitrogens with two attached hydrogens (primary N) is 2. The third-order valence-corrected chi connectivity index (χ3v) is 6.85. The van der Waals surface area contributed by atoms with Crippen LogP contribution in [0.25, 0.3) is 0 Å². The molecule has 0 aromatic heterocycles. The standard InChI is InChI=1S/C26H57N5/c1-6-9-10-11-12-13-14-15-16-17-21-30-26(5,18-7-2)20-23-31-25(4,8-3)19-22-29-24(27)28/h30-31H,6-23H2,1-5H3,(H4,27,28,29). The molecule has 0 aliphatic rings. The second-order valence-corrected chi connectivity index (χ2v) is 10.1. The summed E-state index contributed by atoms with van der Waals surface area (Å²) in [5.74, 6) is 0.185. The maximum atomic E-state index is 5.47. The average molecular weight is 440 g/mol. The minimum atomic E-state index is 0.0859. The Bertz CT molecular complexity index is 436. The van der Waals surface area contributed by atoms with Gasteiger partial charge in [-0.2, -0.15) is 0 Å². The van der Waals surface area contributed by atoms with Gasteiger partial charge in [-0.15, -0.1) is 0 Å². The van der Waals surface area contributed by atoms with Gasteiger partial charge < -0.3 is 22.1 Å². The minimum absolute atomic E-state index is 0.0859. The van der Waals surface area contributed by atoms with E-state index in [-0.39, 0.29) is 17.0 Å². The topological polar surface area (TPSA) is 88.5 Å². The number of aliphatic imine (C=N–C) groups is 1. The maximum absolute atomic E-state index is 5.47. The van der Waals surface area contributed by atoms with E-state index in [1.54, 1.807) is 0 Å². The van der Waals surface area contributed by atoms with Gasteiger partial charge in [-0.1, -0.05) is 85.0 Å². The first kappa shape index (κ1) is 30.2. The van der Waals surface area contributed by atoms with E-state index in [0.29, 0.717) is 6.54 Å². The summed E-state index contributed by atoms with van der Waals surface area (Å²) in [6.07, 6.45) is 19.6. The van der Waals surface area contributed by atoms with Gasteiger partial charge in [0.25, 0.3) is 0 Å². The Balaban J connectivity index is 4.07. The van der Waals surface area contributed by atoms with Gasteiger partial charge in [-0.05, 0) is 59.0 Å². The fourth-order valence-electron chi connectivity index (χ4n) is 4.32. The van der Waals surface area contributed by atoms with Crippen LogP contribution in [0.5, 0.6) is 0 Å². The first-order chi connectivity index (χ1) is 14.8. The van der Waals surface area contributed by atoms with Gasteiger partial charge in [-0.3, -0.25) is 4.99 Å². The van der Waals surface area contributed by atoms with Crippen molar-refractivity contribution in [3.63, 3.8) is 0 Å². The highest BCUT2D eigenvalue weighted by Crippen LogP contribution is 2.20. The molecule has 5 heteroatoms. The number of rotatable bonds is 22. The predicted molar refractivity (Wildman–Crippen MR) is 140 cm³/mol. The Morgan fingerprint density at radius 3 is 1.71 bits per heavy atom. The molecule has 0 spiro atoms. The lowest BCUT2D eigenvalue weighted by atomic mass is 9.90. The van der Waals surface area contributed by atoms with Crippen LogP contribution in [0.15, 0.2) is 4.99 Å². The van der Waals surface area contributed by atoms with Gasteiger partial charge >= 0.3 is 0 Å². The highest BCUT2D eigenvalue weighted by atomic mass is 15.0. The number of nitrogens with zero attached hydrogens (tertiary/aromatic N) is 1. The molecule has 31 heavy (non-hydrogen) atoms. The molecule has 0 amide bonds. The van der Waals surface area contributed by atoms with Crippen molar-refractivity contribution in [1.82, 2.24) is 10.6 Å². The zero-order chi connectivity index (χ0) is 23.4. The minimum Gasteiger partial charge on any atom is -0.370 e. The second kappa shape index (κ2) is 18.7. The van der Waals surface area contributed by atoms with Crippen molar-refractivity contribution in [2.75, 3.05) is 19.6 Å².